The minimum absolute atomic E-state index is 0.0787. The van der Waals surface area contributed by atoms with Crippen LogP contribution in [-0.4, -0.2) is 60.4 Å². The first-order chi connectivity index (χ1) is 10.6. The molecule has 130 valence electrons. The van der Waals surface area contributed by atoms with E-state index in [0.717, 1.165) is 0 Å². The first-order valence-corrected chi connectivity index (χ1v) is 10.2. The van der Waals surface area contributed by atoms with Crippen LogP contribution in [0.1, 0.15) is 20.8 Å². The maximum absolute atomic E-state index is 12.7. The first-order valence-electron chi connectivity index (χ1n) is 6.92. The van der Waals surface area contributed by atoms with E-state index in [9.17, 15) is 18.6 Å². The van der Waals surface area contributed by atoms with Crippen molar-refractivity contribution in [3.05, 3.63) is 0 Å². The predicted octanol–water partition coefficient (Wildman–Crippen LogP) is 0.476. The fourth-order valence-electron chi connectivity index (χ4n) is 2.59. The zero-order valence-corrected chi connectivity index (χ0v) is 16.9. The Balaban J connectivity index is 2.31. The monoisotopic (exact) mass is 472 g/mol. The summed E-state index contributed by atoms with van der Waals surface area (Å²) in [6.45, 7) is 5.32. The summed E-state index contributed by atoms with van der Waals surface area (Å²) < 4.78 is 17.5. The van der Waals surface area contributed by atoms with Crippen LogP contribution in [0.5, 0.6) is 0 Å². The second-order valence-corrected chi connectivity index (χ2v) is 10.2. The van der Waals surface area contributed by atoms with E-state index in [1.54, 1.807) is 20.8 Å². The molecule has 2 heterocycles. The van der Waals surface area contributed by atoms with E-state index in [1.165, 1.54) is 4.90 Å². The number of nitrogens with one attached hydrogen (secondary N) is 1. The third-order valence-corrected chi connectivity index (χ3v) is 8.61. The Morgan fingerprint density at radius 3 is 2.65 bits per heavy atom. The number of β-lactam (4-membered cyclic amide) rings is 1. The molecular formula is C13H18Br2N2O5S. The zero-order valence-electron chi connectivity index (χ0n) is 12.9. The molecule has 4 unspecified atom stereocenters. The number of hydrogen-bond acceptors (Lipinski definition) is 5. The lowest BCUT2D eigenvalue weighted by molar-refractivity contribution is -0.170. The zero-order chi connectivity index (χ0) is 17.6. The van der Waals surface area contributed by atoms with Crippen LogP contribution in [0.3, 0.4) is 0 Å². The molecule has 2 fully saturated rings. The van der Waals surface area contributed by atoms with Gasteiger partial charge in [-0.3, -0.25) is 18.6 Å². The molecule has 2 aliphatic heterocycles. The van der Waals surface area contributed by atoms with Gasteiger partial charge in [-0.05, 0) is 20.8 Å². The van der Waals surface area contributed by atoms with Crippen LogP contribution >= 0.6 is 31.9 Å². The van der Waals surface area contributed by atoms with Gasteiger partial charge in [-0.25, -0.2) is 0 Å². The number of halogens is 2. The average molecular weight is 474 g/mol. The number of carbonyl (C=O) groups is 3. The number of fused-ring (bicyclic) bond motifs is 1. The van der Waals surface area contributed by atoms with Gasteiger partial charge in [0.05, 0.1) is 10.8 Å². The van der Waals surface area contributed by atoms with Gasteiger partial charge in [0.1, 0.15) is 26.6 Å². The van der Waals surface area contributed by atoms with Crippen LogP contribution < -0.4 is 5.32 Å². The highest BCUT2D eigenvalue weighted by atomic mass is 79.9. The van der Waals surface area contributed by atoms with Gasteiger partial charge >= 0.3 is 5.97 Å². The minimum Gasteiger partial charge on any atom is -0.459 e. The molecule has 0 aromatic carbocycles. The van der Waals surface area contributed by atoms with Crippen molar-refractivity contribution in [3.63, 3.8) is 0 Å². The van der Waals surface area contributed by atoms with Gasteiger partial charge in [-0.1, -0.05) is 31.9 Å². The van der Waals surface area contributed by atoms with Crippen LogP contribution in [0.2, 0.25) is 0 Å². The fraction of sp³-hybridized carbons (Fsp3) is 0.769. The summed E-state index contributed by atoms with van der Waals surface area (Å²) in [7, 11) is -1.57. The van der Waals surface area contributed by atoms with Crippen LogP contribution in [0.25, 0.3) is 0 Å². The molecule has 2 saturated heterocycles. The lowest BCUT2D eigenvalue weighted by Crippen LogP contribution is -2.78. The van der Waals surface area contributed by atoms with Crippen molar-refractivity contribution in [2.24, 2.45) is 5.41 Å². The van der Waals surface area contributed by atoms with E-state index in [0.29, 0.717) is 6.41 Å². The van der Waals surface area contributed by atoms with Gasteiger partial charge in [-0.15, -0.1) is 0 Å². The summed E-state index contributed by atoms with van der Waals surface area (Å²) in [4.78, 5) is 36.8. The first kappa shape index (κ1) is 18.9. The van der Waals surface area contributed by atoms with Gasteiger partial charge in [0.25, 0.3) is 0 Å². The summed E-state index contributed by atoms with van der Waals surface area (Å²) >= 11 is 6.67. The maximum atomic E-state index is 12.7. The van der Waals surface area contributed by atoms with Crippen LogP contribution in [0.4, 0.5) is 0 Å². The molecule has 5 atom stereocenters. The maximum Gasteiger partial charge on any atom is 0.317 e. The summed E-state index contributed by atoms with van der Waals surface area (Å²) in [6, 6.07) is -0.805. The minimum atomic E-state index is -1.57. The molecule has 0 bridgehead atoms. The molecule has 10 heteroatoms. The van der Waals surface area contributed by atoms with Crippen molar-refractivity contribution in [3.8, 4) is 0 Å². The highest BCUT2D eigenvalue weighted by Gasteiger charge is 2.64. The van der Waals surface area contributed by atoms with Gasteiger partial charge in [0, 0.05) is 11.9 Å². The van der Waals surface area contributed by atoms with Gasteiger partial charge in [0.15, 0.2) is 0 Å². The Kier molecular flexibility index (Phi) is 5.28. The van der Waals surface area contributed by atoms with Crippen molar-refractivity contribution in [1.29, 1.82) is 0 Å². The van der Waals surface area contributed by atoms with Crippen molar-refractivity contribution < 1.29 is 23.3 Å². The molecule has 1 N–H and O–H groups in total. The van der Waals surface area contributed by atoms with E-state index < -0.39 is 43.4 Å². The molecule has 23 heavy (non-hydrogen) atoms. The predicted molar refractivity (Wildman–Crippen MR) is 91.4 cm³/mol. The standard InChI is InChI=1S/C13H18Br2N2O5S/c1-12(2,3)22-11(20)13(4-14)5-17-8(19)7(16-6-18)9(17)23(21)10(13)15/h6-7,9-10H,4-5H2,1-3H3,(H,16,18)/t7?,9-,10?,13?,23?/m1/s1. The Hall–Kier alpha value is -0.480. The van der Waals surface area contributed by atoms with Crippen LogP contribution in [0, 0.1) is 5.41 Å². The Morgan fingerprint density at radius 1 is 1.57 bits per heavy atom. The van der Waals surface area contributed by atoms with Crippen molar-refractivity contribution >= 4 is 60.9 Å². The molecule has 0 aromatic heterocycles. The highest BCUT2D eigenvalue weighted by Crippen LogP contribution is 2.45. The molecule has 0 saturated carbocycles. The van der Waals surface area contributed by atoms with Crippen LogP contribution in [0.15, 0.2) is 0 Å². The van der Waals surface area contributed by atoms with E-state index in [2.05, 4.69) is 37.2 Å². The average Bonchev–Trinajstić information content (AvgIpc) is 2.46. The number of alkyl halides is 2. The van der Waals surface area contributed by atoms with E-state index in [4.69, 9.17) is 4.74 Å². The summed E-state index contributed by atoms with van der Waals surface area (Å²) in [5.74, 6) is -0.862. The number of ether oxygens (including phenoxy) is 1. The molecule has 0 spiro atoms. The normalized spacial score (nSPS) is 36.7. The highest BCUT2D eigenvalue weighted by molar-refractivity contribution is 9.11. The van der Waals surface area contributed by atoms with E-state index in [1.807, 2.05) is 0 Å². The molecule has 7 nitrogen and oxygen atoms in total. The quantitative estimate of drug-likeness (QED) is 0.277. The number of nitrogens with zero attached hydrogens (tertiary/aromatic N) is 1. The molecule has 0 radical (unpaired) electrons. The lowest BCUT2D eigenvalue weighted by atomic mass is 9.89. The number of hydrogen-bond donors (Lipinski definition) is 1. The van der Waals surface area contributed by atoms with Gasteiger partial charge < -0.3 is 15.0 Å². The number of rotatable bonds is 4. The Labute approximate surface area is 153 Å². The summed E-state index contributed by atoms with van der Waals surface area (Å²) in [6.07, 6.45) is 0.417. The largest absolute Gasteiger partial charge is 0.459 e. The SMILES string of the molecule is CC(C)(C)OC(=O)C1(CBr)CN2C(=O)C(NC=O)[C@H]2S(=O)C1Br. The third kappa shape index (κ3) is 3.09. The molecular weight excluding hydrogens is 456 g/mol. The van der Waals surface area contributed by atoms with Crippen molar-refractivity contribution in [2.75, 3.05) is 11.9 Å². The second kappa shape index (κ2) is 6.44. The van der Waals surface area contributed by atoms with Gasteiger partial charge in [0.2, 0.25) is 12.3 Å². The molecule has 2 rings (SSSR count). The summed E-state index contributed by atoms with van der Waals surface area (Å²) in [5.41, 5.74) is -1.85. The Bertz CT molecular complexity index is 567. The Morgan fingerprint density at radius 2 is 2.17 bits per heavy atom. The number of carbonyl (C=O) groups excluding carboxylic acids is 3. The van der Waals surface area contributed by atoms with Crippen molar-refractivity contribution in [2.45, 2.75) is 41.9 Å². The molecule has 2 aliphatic rings. The second-order valence-electron chi connectivity index (χ2n) is 6.56. The van der Waals surface area contributed by atoms with Gasteiger partial charge in [-0.2, -0.15) is 0 Å². The third-order valence-electron chi connectivity index (χ3n) is 3.76. The van der Waals surface area contributed by atoms with E-state index >= 15 is 0 Å². The molecule has 0 aliphatic carbocycles. The van der Waals surface area contributed by atoms with Crippen molar-refractivity contribution in [1.82, 2.24) is 10.2 Å². The lowest BCUT2D eigenvalue weighted by Gasteiger charge is -2.55. The number of esters is 1. The van der Waals surface area contributed by atoms with Crippen LogP contribution in [-0.2, 0) is 29.9 Å². The molecule has 2 amide bonds. The van der Waals surface area contributed by atoms with E-state index in [-0.39, 0.29) is 17.8 Å². The molecule has 0 aromatic rings. The smallest absolute Gasteiger partial charge is 0.317 e. The summed E-state index contributed by atoms with van der Waals surface area (Å²) in [5, 5.41) is 1.94. The fourth-order valence-corrected chi connectivity index (χ4v) is 6.96. The number of amides is 2. The topological polar surface area (TPSA) is 92.8 Å².